The predicted molar refractivity (Wildman–Crippen MR) is 60.5 cm³/mol. The van der Waals surface area contributed by atoms with Gasteiger partial charge >= 0.3 is 0 Å². The third-order valence-electron chi connectivity index (χ3n) is 4.09. The summed E-state index contributed by atoms with van der Waals surface area (Å²) in [7, 11) is 0. The quantitative estimate of drug-likeness (QED) is 0.688. The Hall–Kier alpha value is -0.0800. The highest BCUT2D eigenvalue weighted by Gasteiger charge is 2.36. The molecule has 2 aliphatic heterocycles. The van der Waals surface area contributed by atoms with E-state index in [0.717, 1.165) is 6.04 Å². The highest BCUT2D eigenvalue weighted by Crippen LogP contribution is 2.38. The van der Waals surface area contributed by atoms with Crippen LogP contribution in [0.15, 0.2) is 0 Å². The zero-order valence-electron chi connectivity index (χ0n) is 9.68. The summed E-state index contributed by atoms with van der Waals surface area (Å²) in [6, 6.07) is 0.738. The molecule has 0 bridgehead atoms. The summed E-state index contributed by atoms with van der Waals surface area (Å²) >= 11 is 0. The summed E-state index contributed by atoms with van der Waals surface area (Å²) in [6.07, 6.45) is 5.68. The maximum atomic E-state index is 3.48. The van der Waals surface area contributed by atoms with Crippen molar-refractivity contribution in [3.63, 3.8) is 0 Å². The molecule has 0 saturated carbocycles. The molecular formula is C12H24N2. The minimum Gasteiger partial charge on any atom is -0.317 e. The molecule has 82 valence electrons. The van der Waals surface area contributed by atoms with E-state index in [1.165, 1.54) is 51.9 Å². The van der Waals surface area contributed by atoms with Crippen LogP contribution in [0.5, 0.6) is 0 Å². The van der Waals surface area contributed by atoms with Crippen molar-refractivity contribution in [3.8, 4) is 0 Å². The molecule has 2 heterocycles. The number of rotatable bonds is 1. The highest BCUT2D eigenvalue weighted by molar-refractivity contribution is 4.91. The van der Waals surface area contributed by atoms with E-state index in [1.54, 1.807) is 0 Å². The predicted octanol–water partition coefficient (Wildman–Crippen LogP) is 1.86. The summed E-state index contributed by atoms with van der Waals surface area (Å²) in [5, 5.41) is 3.48. The van der Waals surface area contributed by atoms with Crippen molar-refractivity contribution < 1.29 is 0 Å². The van der Waals surface area contributed by atoms with Crippen LogP contribution in [-0.4, -0.2) is 37.1 Å². The van der Waals surface area contributed by atoms with Crippen LogP contribution in [0, 0.1) is 5.41 Å². The maximum absolute atomic E-state index is 3.48. The van der Waals surface area contributed by atoms with Gasteiger partial charge in [-0.15, -0.1) is 0 Å². The van der Waals surface area contributed by atoms with Crippen LogP contribution in [0.2, 0.25) is 0 Å². The maximum Gasteiger partial charge on any atom is 0.00416 e. The van der Waals surface area contributed by atoms with Gasteiger partial charge in [0.15, 0.2) is 0 Å². The van der Waals surface area contributed by atoms with Gasteiger partial charge in [0.05, 0.1) is 0 Å². The van der Waals surface area contributed by atoms with Gasteiger partial charge in [-0.25, -0.2) is 0 Å². The molecule has 0 amide bonds. The van der Waals surface area contributed by atoms with E-state index in [1.807, 2.05) is 0 Å². The van der Waals surface area contributed by atoms with E-state index < -0.39 is 0 Å². The molecule has 0 radical (unpaired) electrons. The number of hydrogen-bond donors (Lipinski definition) is 1. The van der Waals surface area contributed by atoms with Gasteiger partial charge < -0.3 is 10.2 Å². The zero-order valence-corrected chi connectivity index (χ0v) is 9.68. The summed E-state index contributed by atoms with van der Waals surface area (Å²) < 4.78 is 0. The molecule has 2 aliphatic rings. The Balaban J connectivity index is 1.97. The topological polar surface area (TPSA) is 15.3 Å². The normalized spacial score (nSPS) is 28.5. The first-order valence-corrected chi connectivity index (χ1v) is 6.17. The van der Waals surface area contributed by atoms with Gasteiger partial charge in [0.2, 0.25) is 0 Å². The minimum absolute atomic E-state index is 0.674. The second-order valence-corrected chi connectivity index (χ2v) is 5.42. The number of nitrogens with one attached hydrogen (secondary N) is 1. The van der Waals surface area contributed by atoms with Crippen molar-refractivity contribution in [2.75, 3.05) is 26.2 Å². The van der Waals surface area contributed by atoms with Crippen molar-refractivity contribution in [1.82, 2.24) is 10.2 Å². The molecule has 2 fully saturated rings. The Morgan fingerprint density at radius 1 is 1.14 bits per heavy atom. The van der Waals surface area contributed by atoms with Gasteiger partial charge in [-0.3, -0.25) is 0 Å². The lowest BCUT2D eigenvalue weighted by atomic mass is 9.72. The first-order valence-electron chi connectivity index (χ1n) is 6.17. The van der Waals surface area contributed by atoms with Crippen LogP contribution in [0.3, 0.4) is 0 Å². The van der Waals surface area contributed by atoms with Gasteiger partial charge in [0.1, 0.15) is 0 Å². The summed E-state index contributed by atoms with van der Waals surface area (Å²) in [6.45, 7) is 9.83. The van der Waals surface area contributed by atoms with E-state index in [4.69, 9.17) is 0 Å². The van der Waals surface area contributed by atoms with Gasteiger partial charge in [0.25, 0.3) is 0 Å². The lowest BCUT2D eigenvalue weighted by molar-refractivity contribution is 0.0419. The third-order valence-corrected chi connectivity index (χ3v) is 4.09. The fraction of sp³-hybridized carbons (Fsp3) is 1.00. The van der Waals surface area contributed by atoms with Gasteiger partial charge in [-0.05, 0) is 64.6 Å². The highest BCUT2D eigenvalue weighted by atomic mass is 15.2. The van der Waals surface area contributed by atoms with E-state index >= 15 is 0 Å². The molecule has 0 aromatic rings. The fourth-order valence-electron chi connectivity index (χ4n) is 3.05. The number of nitrogens with zero attached hydrogens (tertiary/aromatic N) is 1. The molecule has 0 aromatic heterocycles. The van der Waals surface area contributed by atoms with Crippen LogP contribution in [-0.2, 0) is 0 Å². The smallest absolute Gasteiger partial charge is 0.00416 e. The molecule has 2 nitrogen and oxygen atoms in total. The van der Waals surface area contributed by atoms with Crippen LogP contribution >= 0.6 is 0 Å². The average Bonchev–Trinajstić information content (AvgIpc) is 2.19. The van der Waals surface area contributed by atoms with Crippen LogP contribution in [0.1, 0.15) is 39.5 Å². The number of hydrogen-bond acceptors (Lipinski definition) is 2. The molecule has 1 spiro atoms. The zero-order chi connectivity index (χ0) is 10.0. The summed E-state index contributed by atoms with van der Waals surface area (Å²) in [5.41, 5.74) is 0.674. The van der Waals surface area contributed by atoms with E-state index in [-0.39, 0.29) is 0 Å². The third kappa shape index (κ3) is 2.12. The Morgan fingerprint density at radius 2 is 1.86 bits per heavy atom. The van der Waals surface area contributed by atoms with Crippen molar-refractivity contribution in [1.29, 1.82) is 0 Å². The molecule has 0 atom stereocenters. The summed E-state index contributed by atoms with van der Waals surface area (Å²) in [5.74, 6) is 0. The van der Waals surface area contributed by atoms with Crippen molar-refractivity contribution >= 4 is 0 Å². The molecule has 0 aromatic carbocycles. The molecule has 2 saturated heterocycles. The molecule has 0 aliphatic carbocycles. The lowest BCUT2D eigenvalue weighted by Gasteiger charge is -2.46. The van der Waals surface area contributed by atoms with Gasteiger partial charge in [-0.1, -0.05) is 0 Å². The van der Waals surface area contributed by atoms with Crippen molar-refractivity contribution in [2.45, 2.75) is 45.6 Å². The van der Waals surface area contributed by atoms with Gasteiger partial charge in [-0.2, -0.15) is 0 Å². The second-order valence-electron chi connectivity index (χ2n) is 5.42. The van der Waals surface area contributed by atoms with E-state index in [2.05, 4.69) is 24.1 Å². The van der Waals surface area contributed by atoms with E-state index in [9.17, 15) is 0 Å². The monoisotopic (exact) mass is 196 g/mol. The first kappa shape index (κ1) is 10.4. The molecule has 2 rings (SSSR count). The van der Waals surface area contributed by atoms with Crippen molar-refractivity contribution in [3.05, 3.63) is 0 Å². The second kappa shape index (κ2) is 4.19. The Kier molecular flexibility index (Phi) is 3.13. The van der Waals surface area contributed by atoms with Crippen LogP contribution in [0.4, 0.5) is 0 Å². The number of piperidine rings is 2. The minimum atomic E-state index is 0.674. The summed E-state index contributed by atoms with van der Waals surface area (Å²) in [4.78, 5) is 2.68. The van der Waals surface area contributed by atoms with Crippen LogP contribution < -0.4 is 5.32 Å². The fourth-order valence-corrected chi connectivity index (χ4v) is 3.05. The average molecular weight is 196 g/mol. The Bertz CT molecular complexity index is 177. The van der Waals surface area contributed by atoms with Gasteiger partial charge in [0, 0.05) is 12.6 Å². The first-order chi connectivity index (χ1) is 6.72. The Morgan fingerprint density at radius 3 is 2.50 bits per heavy atom. The lowest BCUT2D eigenvalue weighted by Crippen LogP contribution is -2.50. The largest absolute Gasteiger partial charge is 0.317 e. The number of likely N-dealkylation sites (tertiary alicyclic amines) is 1. The SMILES string of the molecule is CC(C)N1CCCC2(CCNCC2)C1. The molecular weight excluding hydrogens is 172 g/mol. The molecule has 0 unspecified atom stereocenters. The molecule has 2 heteroatoms. The Labute approximate surface area is 88.1 Å². The molecule has 1 N–H and O–H groups in total. The van der Waals surface area contributed by atoms with Crippen molar-refractivity contribution in [2.24, 2.45) is 5.41 Å². The van der Waals surface area contributed by atoms with Crippen LogP contribution in [0.25, 0.3) is 0 Å². The standard InChI is InChI=1S/C12H24N2/c1-11(2)14-9-3-4-12(10-14)5-7-13-8-6-12/h11,13H,3-10H2,1-2H3. The molecule has 14 heavy (non-hydrogen) atoms. The van der Waals surface area contributed by atoms with E-state index in [0.29, 0.717) is 5.41 Å².